The standard InChI is InChI=1S/C12H10F5IN2O/c1-21-3-2-9-19-8-5-6(11(13,14)15)4-7(10(8)20-9)12(16,17)18/h4-5H,2-3H2,1H3,(H,19,20). The lowest BCUT2D eigenvalue weighted by Crippen LogP contribution is -2.10. The highest BCUT2D eigenvalue weighted by atomic mass is 127. The fourth-order valence-corrected chi connectivity index (χ4v) is 2.28. The van der Waals surface area contributed by atoms with Crippen LogP contribution in [-0.2, 0) is 21.3 Å². The average Bonchev–Trinajstić information content (AvgIpc) is 2.75. The topological polar surface area (TPSA) is 37.9 Å². The minimum absolute atomic E-state index is 0.0673. The number of methoxy groups -OCH3 is 1. The van der Waals surface area contributed by atoms with Crippen molar-refractivity contribution in [3.63, 3.8) is 0 Å². The van der Waals surface area contributed by atoms with E-state index >= 15 is 0 Å². The first-order chi connectivity index (χ1) is 9.63. The predicted octanol–water partition coefficient (Wildman–Crippen LogP) is 4.25. The summed E-state index contributed by atoms with van der Waals surface area (Å²) in [5.74, 6) is 0.299. The van der Waals surface area contributed by atoms with Gasteiger partial charge >= 0.3 is 10.1 Å². The molecule has 1 aromatic heterocycles. The molecule has 0 aliphatic heterocycles. The van der Waals surface area contributed by atoms with Gasteiger partial charge in [-0.25, -0.2) is 4.98 Å². The predicted molar refractivity (Wildman–Crippen MR) is 74.6 cm³/mol. The van der Waals surface area contributed by atoms with Crippen LogP contribution in [0.25, 0.3) is 11.0 Å². The lowest BCUT2D eigenvalue weighted by Gasteiger charge is -2.13. The minimum Gasteiger partial charge on any atom is -0.384 e. The number of halogens is 6. The summed E-state index contributed by atoms with van der Waals surface area (Å²) < 4.78 is 66.9. The second kappa shape index (κ2) is 5.67. The van der Waals surface area contributed by atoms with Crippen LogP contribution in [0, 0.1) is 0 Å². The monoisotopic (exact) mass is 420 g/mol. The molecule has 9 heteroatoms. The summed E-state index contributed by atoms with van der Waals surface area (Å²) in [5, 5.41) is 0. The maximum absolute atomic E-state index is 13.6. The maximum atomic E-state index is 13.6. The normalized spacial score (nSPS) is 13.1. The maximum Gasteiger partial charge on any atom is 0.416 e. The Labute approximate surface area is 130 Å². The zero-order valence-corrected chi connectivity index (χ0v) is 12.8. The third-order valence-corrected chi connectivity index (χ3v) is 3.39. The summed E-state index contributed by atoms with van der Waals surface area (Å²) in [4.78, 5) is 6.58. The van der Waals surface area contributed by atoms with Crippen LogP contribution in [0.4, 0.5) is 22.0 Å². The zero-order valence-electron chi connectivity index (χ0n) is 10.7. The molecule has 1 aromatic carbocycles. The van der Waals surface area contributed by atoms with Crippen LogP contribution in [0.3, 0.4) is 0 Å². The van der Waals surface area contributed by atoms with Gasteiger partial charge in [-0.05, 0) is 12.1 Å². The molecule has 1 N–H and O–H groups in total. The van der Waals surface area contributed by atoms with Gasteiger partial charge in [0.25, 0.3) is 0 Å². The van der Waals surface area contributed by atoms with Crippen molar-refractivity contribution in [1.29, 1.82) is 0 Å². The van der Waals surface area contributed by atoms with E-state index in [4.69, 9.17) is 4.74 Å². The molecule has 0 radical (unpaired) electrons. The van der Waals surface area contributed by atoms with Crippen molar-refractivity contribution < 1.29 is 26.7 Å². The molecule has 116 valence electrons. The molecule has 2 rings (SSSR count). The van der Waals surface area contributed by atoms with Crippen molar-refractivity contribution in [2.24, 2.45) is 0 Å². The summed E-state index contributed by atoms with van der Waals surface area (Å²) in [6, 6.07) is 1.22. The van der Waals surface area contributed by atoms with Crippen LogP contribution in [0.15, 0.2) is 12.1 Å². The van der Waals surface area contributed by atoms with Gasteiger partial charge in [-0.1, -0.05) is 0 Å². The molecule has 0 saturated heterocycles. The number of hydrogen-bond acceptors (Lipinski definition) is 2. The smallest absolute Gasteiger partial charge is 0.384 e. The van der Waals surface area contributed by atoms with Gasteiger partial charge in [0, 0.05) is 36.1 Å². The van der Waals surface area contributed by atoms with E-state index in [1.807, 2.05) is 0 Å². The van der Waals surface area contributed by atoms with E-state index in [-0.39, 0.29) is 17.6 Å². The number of imidazole rings is 1. The van der Waals surface area contributed by atoms with Crippen LogP contribution < -0.4 is 0 Å². The number of benzene rings is 1. The second-order valence-electron chi connectivity index (χ2n) is 4.34. The third-order valence-electron chi connectivity index (χ3n) is 2.81. The average molecular weight is 420 g/mol. The molecule has 0 bridgehead atoms. The SMILES string of the molecule is COCCc1nc2c(C(F)(F)I)cc(C(F)(F)F)cc2[nH]1. The van der Waals surface area contributed by atoms with Gasteiger partial charge in [-0.15, -0.1) is 0 Å². The summed E-state index contributed by atoms with van der Waals surface area (Å²) in [6.07, 6.45) is -4.42. The van der Waals surface area contributed by atoms with Crippen LogP contribution in [0.1, 0.15) is 17.0 Å². The summed E-state index contributed by atoms with van der Waals surface area (Å²) >= 11 is 0.794. The van der Waals surface area contributed by atoms with Crippen LogP contribution in [0.5, 0.6) is 0 Å². The molecule has 0 aliphatic carbocycles. The van der Waals surface area contributed by atoms with Crippen molar-refractivity contribution in [2.45, 2.75) is 16.5 Å². The molecule has 3 nitrogen and oxygen atoms in total. The lowest BCUT2D eigenvalue weighted by atomic mass is 10.1. The molecule has 0 amide bonds. The molecule has 0 spiro atoms. The van der Waals surface area contributed by atoms with E-state index in [1.165, 1.54) is 7.11 Å². The van der Waals surface area contributed by atoms with E-state index < -0.39 is 21.2 Å². The number of fused-ring (bicyclic) bond motifs is 1. The summed E-state index contributed by atoms with van der Waals surface area (Å²) in [7, 11) is 1.45. The number of rotatable bonds is 4. The van der Waals surface area contributed by atoms with Gasteiger partial charge in [0.15, 0.2) is 0 Å². The first kappa shape index (κ1) is 16.4. The van der Waals surface area contributed by atoms with Gasteiger partial charge in [-0.3, -0.25) is 0 Å². The highest BCUT2D eigenvalue weighted by Gasteiger charge is 2.37. The molecular formula is C12H10F5IN2O. The highest BCUT2D eigenvalue weighted by molar-refractivity contribution is 14.1. The number of nitrogens with zero attached hydrogens (tertiary/aromatic N) is 1. The van der Waals surface area contributed by atoms with Crippen LogP contribution in [-0.4, -0.2) is 23.7 Å². The first-order valence-electron chi connectivity index (χ1n) is 5.79. The van der Waals surface area contributed by atoms with Crippen LogP contribution in [0.2, 0.25) is 0 Å². The van der Waals surface area contributed by atoms with Crippen molar-refractivity contribution in [3.8, 4) is 0 Å². The molecule has 0 saturated carbocycles. The molecule has 0 aliphatic rings. The van der Waals surface area contributed by atoms with Crippen molar-refractivity contribution in [2.75, 3.05) is 13.7 Å². The van der Waals surface area contributed by atoms with E-state index in [1.54, 1.807) is 0 Å². The Bertz CT molecular complexity index is 647. The largest absolute Gasteiger partial charge is 0.416 e. The second-order valence-corrected chi connectivity index (χ2v) is 5.70. The fraction of sp³-hybridized carbons (Fsp3) is 0.417. The molecule has 21 heavy (non-hydrogen) atoms. The minimum atomic E-state index is -4.71. The molecule has 0 unspecified atom stereocenters. The van der Waals surface area contributed by atoms with Gasteiger partial charge < -0.3 is 9.72 Å². The Morgan fingerprint density at radius 3 is 2.43 bits per heavy atom. The summed E-state index contributed by atoms with van der Waals surface area (Å²) in [6.45, 7) is 0.280. The molecule has 0 atom stereocenters. The van der Waals surface area contributed by atoms with Gasteiger partial charge in [0.1, 0.15) is 5.82 Å². The lowest BCUT2D eigenvalue weighted by molar-refractivity contribution is -0.137. The van der Waals surface area contributed by atoms with Gasteiger partial charge in [0.05, 0.1) is 28.8 Å². The molecule has 2 aromatic rings. The van der Waals surface area contributed by atoms with Crippen molar-refractivity contribution >= 4 is 33.6 Å². The van der Waals surface area contributed by atoms with Crippen molar-refractivity contribution in [1.82, 2.24) is 9.97 Å². The first-order valence-corrected chi connectivity index (χ1v) is 6.87. The number of alkyl halides is 6. The molecule has 0 fully saturated rings. The van der Waals surface area contributed by atoms with E-state index in [0.717, 1.165) is 28.7 Å². The Morgan fingerprint density at radius 1 is 1.24 bits per heavy atom. The third kappa shape index (κ3) is 3.62. The highest BCUT2D eigenvalue weighted by Crippen LogP contribution is 2.42. The number of ether oxygens (including phenoxy) is 1. The van der Waals surface area contributed by atoms with Crippen LogP contribution >= 0.6 is 22.6 Å². The number of nitrogens with one attached hydrogen (secondary N) is 1. The Hall–Kier alpha value is -0.970. The molecular weight excluding hydrogens is 410 g/mol. The number of hydrogen-bond donors (Lipinski definition) is 1. The Morgan fingerprint density at radius 2 is 1.90 bits per heavy atom. The Kier molecular flexibility index (Phi) is 4.43. The number of H-pyrrole nitrogens is 1. The zero-order chi connectivity index (χ0) is 15.8. The van der Waals surface area contributed by atoms with Crippen molar-refractivity contribution in [3.05, 3.63) is 29.1 Å². The summed E-state index contributed by atoms with van der Waals surface area (Å²) in [5.41, 5.74) is -2.12. The van der Waals surface area contributed by atoms with Gasteiger partial charge in [0.2, 0.25) is 0 Å². The number of aromatic nitrogens is 2. The van der Waals surface area contributed by atoms with E-state index in [9.17, 15) is 22.0 Å². The number of aromatic amines is 1. The van der Waals surface area contributed by atoms with E-state index in [2.05, 4.69) is 9.97 Å². The Balaban J connectivity index is 2.63. The fourth-order valence-electron chi connectivity index (χ4n) is 1.87. The van der Waals surface area contributed by atoms with E-state index in [0.29, 0.717) is 18.3 Å². The van der Waals surface area contributed by atoms with Gasteiger partial charge in [-0.2, -0.15) is 22.0 Å². The quantitative estimate of drug-likeness (QED) is 0.456. The molecule has 1 heterocycles.